The molecule has 0 bridgehead atoms. The Morgan fingerprint density at radius 2 is 1.62 bits per heavy atom. The Morgan fingerprint density at radius 1 is 1.00 bits per heavy atom. The predicted octanol–water partition coefficient (Wildman–Crippen LogP) is 2.29. The first kappa shape index (κ1) is 18.0. The lowest BCUT2D eigenvalue weighted by atomic mass is 10.1. The molecule has 0 spiro atoms. The molecule has 1 unspecified atom stereocenters. The summed E-state index contributed by atoms with van der Waals surface area (Å²) in [7, 11) is 0. The number of aliphatic hydroxyl groups is 2. The highest BCUT2D eigenvalue weighted by Gasteiger charge is 2.10. The minimum Gasteiger partial charge on any atom is -0.394 e. The van der Waals surface area contributed by atoms with Crippen molar-refractivity contribution in [3.63, 3.8) is 0 Å². The molecule has 4 N–H and O–H groups in total. The highest BCUT2D eigenvalue weighted by Crippen LogP contribution is 2.12. The van der Waals surface area contributed by atoms with Crippen molar-refractivity contribution < 1.29 is 15.0 Å². The molecule has 2 rings (SSSR count). The number of hydrogen-bond acceptors (Lipinski definition) is 4. The van der Waals surface area contributed by atoms with E-state index in [2.05, 4.69) is 10.6 Å². The average Bonchev–Trinajstić information content (AvgIpc) is 2.65. The number of rotatable bonds is 8. The van der Waals surface area contributed by atoms with Gasteiger partial charge in [-0.1, -0.05) is 31.2 Å². The summed E-state index contributed by atoms with van der Waals surface area (Å²) >= 11 is 0. The molecule has 0 aliphatic rings. The summed E-state index contributed by atoms with van der Waals surface area (Å²) in [6.45, 7) is 2.57. The molecule has 24 heavy (non-hydrogen) atoms. The van der Waals surface area contributed by atoms with E-state index in [-0.39, 0.29) is 25.2 Å². The lowest BCUT2D eigenvalue weighted by molar-refractivity contribution is 0.0915. The van der Waals surface area contributed by atoms with Gasteiger partial charge in [0.15, 0.2) is 0 Å². The smallest absolute Gasteiger partial charge is 0.251 e. The van der Waals surface area contributed by atoms with E-state index in [0.717, 1.165) is 16.8 Å². The number of nitrogens with one attached hydrogen (secondary N) is 2. The van der Waals surface area contributed by atoms with Crippen LogP contribution in [0.4, 0.5) is 5.69 Å². The first-order valence-electron chi connectivity index (χ1n) is 8.10. The Balaban J connectivity index is 1.90. The molecule has 0 aromatic heterocycles. The van der Waals surface area contributed by atoms with Gasteiger partial charge in [0.1, 0.15) is 0 Å². The molecule has 0 aliphatic carbocycles. The van der Waals surface area contributed by atoms with Crippen LogP contribution in [-0.2, 0) is 13.2 Å². The summed E-state index contributed by atoms with van der Waals surface area (Å²) in [6, 6.07) is 14.8. The van der Waals surface area contributed by atoms with Gasteiger partial charge in [-0.15, -0.1) is 0 Å². The first-order chi connectivity index (χ1) is 11.7. The molecule has 2 aromatic carbocycles. The van der Waals surface area contributed by atoms with Crippen molar-refractivity contribution in [1.29, 1.82) is 0 Å². The van der Waals surface area contributed by atoms with Crippen molar-refractivity contribution in [3.8, 4) is 0 Å². The van der Waals surface area contributed by atoms with Crippen molar-refractivity contribution in [3.05, 3.63) is 65.2 Å². The minimum absolute atomic E-state index is 0.0480. The number of benzene rings is 2. The third-order valence-electron chi connectivity index (χ3n) is 3.90. The minimum atomic E-state index is -0.211. The number of anilines is 1. The molecule has 1 amide bonds. The van der Waals surface area contributed by atoms with Gasteiger partial charge in [-0.2, -0.15) is 0 Å². The zero-order valence-corrected chi connectivity index (χ0v) is 13.8. The molecule has 0 saturated heterocycles. The molecule has 0 heterocycles. The molecule has 0 aliphatic heterocycles. The van der Waals surface area contributed by atoms with Gasteiger partial charge in [0.05, 0.1) is 19.3 Å². The van der Waals surface area contributed by atoms with E-state index < -0.39 is 0 Å². The first-order valence-corrected chi connectivity index (χ1v) is 8.10. The van der Waals surface area contributed by atoms with Crippen LogP contribution in [0.2, 0.25) is 0 Å². The maximum absolute atomic E-state index is 12.1. The molecule has 2 aromatic rings. The predicted molar refractivity (Wildman–Crippen MR) is 94.8 cm³/mol. The van der Waals surface area contributed by atoms with Crippen LogP contribution in [-0.4, -0.2) is 28.8 Å². The monoisotopic (exact) mass is 328 g/mol. The van der Waals surface area contributed by atoms with Crippen molar-refractivity contribution in [2.45, 2.75) is 32.5 Å². The van der Waals surface area contributed by atoms with Crippen LogP contribution in [0, 0.1) is 0 Å². The van der Waals surface area contributed by atoms with Crippen molar-refractivity contribution in [1.82, 2.24) is 5.32 Å². The molecule has 0 radical (unpaired) electrons. The van der Waals surface area contributed by atoms with Crippen LogP contribution in [0.1, 0.15) is 34.8 Å². The van der Waals surface area contributed by atoms with Gasteiger partial charge >= 0.3 is 0 Å². The number of aliphatic hydroxyl groups excluding tert-OH is 2. The number of amides is 1. The second-order valence-corrected chi connectivity index (χ2v) is 5.67. The fourth-order valence-electron chi connectivity index (χ4n) is 2.25. The molecule has 1 atom stereocenters. The van der Waals surface area contributed by atoms with Crippen molar-refractivity contribution in [2.75, 3.05) is 11.9 Å². The van der Waals surface area contributed by atoms with Crippen LogP contribution in [0.5, 0.6) is 0 Å². The lowest BCUT2D eigenvalue weighted by Gasteiger charge is -2.14. The molecular formula is C19H24N2O3. The van der Waals surface area contributed by atoms with Gasteiger partial charge in [0.2, 0.25) is 0 Å². The molecule has 5 nitrogen and oxygen atoms in total. The van der Waals surface area contributed by atoms with Crippen LogP contribution >= 0.6 is 0 Å². The van der Waals surface area contributed by atoms with Gasteiger partial charge < -0.3 is 20.8 Å². The highest BCUT2D eigenvalue weighted by atomic mass is 16.3. The Hall–Kier alpha value is -2.37. The fourth-order valence-corrected chi connectivity index (χ4v) is 2.25. The zero-order chi connectivity index (χ0) is 17.4. The largest absolute Gasteiger partial charge is 0.394 e. The molecular weight excluding hydrogens is 304 g/mol. The average molecular weight is 328 g/mol. The van der Waals surface area contributed by atoms with Crippen LogP contribution < -0.4 is 10.6 Å². The van der Waals surface area contributed by atoms with E-state index in [1.165, 1.54) is 0 Å². The van der Waals surface area contributed by atoms with Crippen molar-refractivity contribution >= 4 is 11.6 Å². The fraction of sp³-hybridized carbons (Fsp3) is 0.316. The Kier molecular flexibility index (Phi) is 6.78. The highest BCUT2D eigenvalue weighted by molar-refractivity contribution is 5.94. The number of carbonyl (C=O) groups is 1. The maximum Gasteiger partial charge on any atom is 0.251 e. The summed E-state index contributed by atoms with van der Waals surface area (Å²) in [5, 5.41) is 24.3. The summed E-state index contributed by atoms with van der Waals surface area (Å²) in [5.41, 5.74) is 3.50. The van der Waals surface area contributed by atoms with Crippen LogP contribution in [0.15, 0.2) is 48.5 Å². The Morgan fingerprint density at radius 3 is 2.17 bits per heavy atom. The summed E-state index contributed by atoms with van der Waals surface area (Å²) in [6.07, 6.45) is 0.691. The Labute approximate surface area is 142 Å². The summed E-state index contributed by atoms with van der Waals surface area (Å²) in [4.78, 5) is 12.1. The number of hydrogen-bond donors (Lipinski definition) is 4. The third kappa shape index (κ3) is 5.08. The van der Waals surface area contributed by atoms with Crippen molar-refractivity contribution in [2.24, 2.45) is 0 Å². The van der Waals surface area contributed by atoms with E-state index in [9.17, 15) is 4.79 Å². The standard InChI is InChI=1S/C19H24N2O3/c1-2-17(13-23)21-19(24)16-7-9-18(10-8-16)20-11-14-3-5-15(12-22)6-4-14/h3-10,17,20,22-23H,2,11-13H2,1H3,(H,21,24). The third-order valence-corrected chi connectivity index (χ3v) is 3.90. The molecule has 5 heteroatoms. The van der Waals surface area contributed by atoms with E-state index >= 15 is 0 Å². The normalized spacial score (nSPS) is 11.8. The van der Waals surface area contributed by atoms with Gasteiger partial charge in [-0.3, -0.25) is 4.79 Å². The summed E-state index contributed by atoms with van der Waals surface area (Å²) < 4.78 is 0. The molecule has 0 saturated carbocycles. The maximum atomic E-state index is 12.1. The molecule has 128 valence electrons. The van der Waals surface area contributed by atoms with E-state index in [4.69, 9.17) is 10.2 Å². The second kappa shape index (κ2) is 9.05. The van der Waals surface area contributed by atoms with Gasteiger partial charge in [0, 0.05) is 17.8 Å². The zero-order valence-electron chi connectivity index (χ0n) is 13.8. The quantitative estimate of drug-likeness (QED) is 0.599. The van der Waals surface area contributed by atoms with E-state index in [1.807, 2.05) is 43.3 Å². The topological polar surface area (TPSA) is 81.6 Å². The second-order valence-electron chi connectivity index (χ2n) is 5.67. The van der Waals surface area contributed by atoms with Gasteiger partial charge in [-0.25, -0.2) is 0 Å². The lowest BCUT2D eigenvalue weighted by Crippen LogP contribution is -2.36. The van der Waals surface area contributed by atoms with E-state index in [1.54, 1.807) is 12.1 Å². The number of carbonyl (C=O) groups excluding carboxylic acids is 1. The molecule has 0 fully saturated rings. The SMILES string of the molecule is CCC(CO)NC(=O)c1ccc(NCc2ccc(CO)cc2)cc1. The Bertz CT molecular complexity index is 635. The van der Waals surface area contributed by atoms with Gasteiger partial charge in [-0.05, 0) is 41.8 Å². The van der Waals surface area contributed by atoms with Crippen LogP contribution in [0.3, 0.4) is 0 Å². The van der Waals surface area contributed by atoms with Crippen LogP contribution in [0.25, 0.3) is 0 Å². The van der Waals surface area contributed by atoms with Gasteiger partial charge in [0.25, 0.3) is 5.91 Å². The summed E-state index contributed by atoms with van der Waals surface area (Å²) in [5.74, 6) is -0.179. The van der Waals surface area contributed by atoms with E-state index in [0.29, 0.717) is 18.5 Å².